The lowest BCUT2D eigenvalue weighted by Crippen LogP contribution is -2.27. The van der Waals surface area contributed by atoms with Gasteiger partial charge >= 0.3 is 5.97 Å². The summed E-state index contributed by atoms with van der Waals surface area (Å²) in [5, 5.41) is 17.4. The number of halogens is 2. The summed E-state index contributed by atoms with van der Waals surface area (Å²) in [7, 11) is 0. The fourth-order valence-corrected chi connectivity index (χ4v) is 1.26. The number of hydrogen-bond donors (Lipinski definition) is 2. The molecule has 0 aromatic heterocycles. The highest BCUT2D eigenvalue weighted by atomic mass is 19.3. The average molecular weight is 230 g/mol. The molecule has 0 fully saturated rings. The van der Waals surface area contributed by atoms with E-state index in [9.17, 15) is 13.6 Å². The summed E-state index contributed by atoms with van der Waals surface area (Å²) < 4.78 is 26.6. The highest BCUT2D eigenvalue weighted by molar-refractivity contribution is 5.70. The van der Waals surface area contributed by atoms with Crippen LogP contribution < -0.4 is 0 Å². The molecule has 0 amide bonds. The van der Waals surface area contributed by atoms with Gasteiger partial charge in [-0.3, -0.25) is 4.79 Å². The molecule has 0 aliphatic carbocycles. The van der Waals surface area contributed by atoms with E-state index in [-0.39, 0.29) is 12.0 Å². The maximum atomic E-state index is 13.3. The number of hydrogen-bond acceptors (Lipinski definition) is 2. The predicted octanol–water partition coefficient (Wildman–Crippen LogP) is 1.79. The molecule has 0 saturated carbocycles. The van der Waals surface area contributed by atoms with Gasteiger partial charge in [0.2, 0.25) is 0 Å². The van der Waals surface area contributed by atoms with Crippen LogP contribution in [0.1, 0.15) is 18.1 Å². The molecule has 16 heavy (non-hydrogen) atoms. The lowest BCUT2D eigenvalue weighted by molar-refractivity contribution is -0.136. The van der Waals surface area contributed by atoms with Crippen LogP contribution in [0.5, 0.6) is 0 Å². The number of aliphatic hydroxyl groups excluding tert-OH is 1. The third kappa shape index (κ3) is 2.76. The quantitative estimate of drug-likeness (QED) is 0.829. The molecule has 2 N–H and O–H groups in total. The Bertz CT molecular complexity index is 371. The van der Waals surface area contributed by atoms with Crippen LogP contribution in [0.3, 0.4) is 0 Å². The predicted molar refractivity (Wildman–Crippen MR) is 53.4 cm³/mol. The minimum atomic E-state index is -3.32. The number of carboxylic acids is 1. The minimum Gasteiger partial charge on any atom is -0.481 e. The van der Waals surface area contributed by atoms with E-state index in [1.807, 2.05) is 0 Å². The number of carbonyl (C=O) groups is 1. The van der Waals surface area contributed by atoms with E-state index in [4.69, 9.17) is 10.2 Å². The van der Waals surface area contributed by atoms with Gasteiger partial charge in [0.1, 0.15) is 6.10 Å². The van der Waals surface area contributed by atoms with E-state index in [0.717, 1.165) is 19.1 Å². The van der Waals surface area contributed by atoms with E-state index in [1.165, 1.54) is 12.1 Å². The zero-order valence-electron chi connectivity index (χ0n) is 8.65. The first-order valence-electron chi connectivity index (χ1n) is 4.71. The first-order valence-corrected chi connectivity index (χ1v) is 4.71. The third-order valence-corrected chi connectivity index (χ3v) is 2.22. The van der Waals surface area contributed by atoms with Crippen molar-refractivity contribution < 1.29 is 23.8 Å². The van der Waals surface area contributed by atoms with Gasteiger partial charge in [-0.15, -0.1) is 0 Å². The van der Waals surface area contributed by atoms with Crippen molar-refractivity contribution in [2.24, 2.45) is 0 Å². The molecule has 0 aliphatic rings. The molecular formula is C11H12F2O3. The summed E-state index contributed by atoms with van der Waals surface area (Å²) in [6.45, 7) is 1.01. The van der Waals surface area contributed by atoms with Crippen molar-refractivity contribution in [2.45, 2.75) is 25.4 Å². The van der Waals surface area contributed by atoms with Crippen molar-refractivity contribution in [1.82, 2.24) is 0 Å². The van der Waals surface area contributed by atoms with E-state index in [2.05, 4.69) is 0 Å². The molecule has 0 heterocycles. The second-order valence-electron chi connectivity index (χ2n) is 3.57. The maximum absolute atomic E-state index is 13.3. The van der Waals surface area contributed by atoms with Gasteiger partial charge in [0.25, 0.3) is 5.92 Å². The smallest absolute Gasteiger partial charge is 0.307 e. The molecule has 0 bridgehead atoms. The van der Waals surface area contributed by atoms with Gasteiger partial charge < -0.3 is 10.2 Å². The van der Waals surface area contributed by atoms with Crippen LogP contribution in [0.2, 0.25) is 0 Å². The Morgan fingerprint density at radius 2 is 1.88 bits per heavy atom. The average Bonchev–Trinajstić information content (AvgIpc) is 2.17. The van der Waals surface area contributed by atoms with Gasteiger partial charge in [-0.05, 0) is 12.5 Å². The second-order valence-corrected chi connectivity index (χ2v) is 3.57. The number of rotatable bonds is 4. The van der Waals surface area contributed by atoms with Crippen LogP contribution >= 0.6 is 0 Å². The van der Waals surface area contributed by atoms with Crippen molar-refractivity contribution in [1.29, 1.82) is 0 Å². The number of carboxylic acid groups (broad SMARTS) is 1. The highest BCUT2D eigenvalue weighted by Gasteiger charge is 2.37. The van der Waals surface area contributed by atoms with E-state index in [0.29, 0.717) is 5.56 Å². The summed E-state index contributed by atoms with van der Waals surface area (Å²) in [4.78, 5) is 10.4. The second kappa shape index (κ2) is 4.57. The fraction of sp³-hybridized carbons (Fsp3) is 0.364. The fourth-order valence-electron chi connectivity index (χ4n) is 1.26. The molecule has 0 radical (unpaired) electrons. The summed E-state index contributed by atoms with van der Waals surface area (Å²) in [5.74, 6) is -4.34. The summed E-state index contributed by atoms with van der Waals surface area (Å²) >= 11 is 0. The Morgan fingerprint density at radius 1 is 1.38 bits per heavy atom. The molecule has 0 aliphatic heterocycles. The number of benzene rings is 1. The van der Waals surface area contributed by atoms with E-state index in [1.54, 1.807) is 0 Å². The first kappa shape index (κ1) is 12.6. The molecule has 0 spiro atoms. The lowest BCUT2D eigenvalue weighted by Gasteiger charge is -2.19. The van der Waals surface area contributed by atoms with Crippen LogP contribution in [0, 0.1) is 0 Å². The molecule has 0 unspecified atom stereocenters. The lowest BCUT2D eigenvalue weighted by atomic mass is 10.0. The highest BCUT2D eigenvalue weighted by Crippen LogP contribution is 2.31. The van der Waals surface area contributed by atoms with E-state index < -0.39 is 18.0 Å². The normalized spacial score (nSPS) is 13.5. The van der Waals surface area contributed by atoms with Crippen molar-refractivity contribution in [3.63, 3.8) is 0 Å². The SMILES string of the molecule is C[C@H](O)C(F)(F)c1ccc(CC(=O)O)cc1. The van der Waals surface area contributed by atoms with Gasteiger partial charge in [0.05, 0.1) is 6.42 Å². The van der Waals surface area contributed by atoms with Crippen LogP contribution in [-0.4, -0.2) is 22.3 Å². The maximum Gasteiger partial charge on any atom is 0.307 e. The van der Waals surface area contributed by atoms with Gasteiger partial charge in [0.15, 0.2) is 0 Å². The van der Waals surface area contributed by atoms with Crippen molar-refractivity contribution in [3.05, 3.63) is 35.4 Å². The molecule has 88 valence electrons. The number of alkyl halides is 2. The first-order chi connectivity index (χ1) is 7.34. The number of aliphatic hydroxyl groups is 1. The molecular weight excluding hydrogens is 218 g/mol. The van der Waals surface area contributed by atoms with Crippen molar-refractivity contribution >= 4 is 5.97 Å². The Morgan fingerprint density at radius 3 is 2.25 bits per heavy atom. The molecule has 0 saturated heterocycles. The zero-order valence-corrected chi connectivity index (χ0v) is 8.65. The zero-order chi connectivity index (χ0) is 12.3. The standard InChI is InChI=1S/C11H12F2O3/c1-7(14)11(12,13)9-4-2-8(3-5-9)6-10(15)16/h2-5,7,14H,6H2,1H3,(H,15,16)/t7-/m0/s1. The van der Waals surface area contributed by atoms with Crippen LogP contribution in [0.4, 0.5) is 8.78 Å². The summed E-state index contributed by atoms with van der Waals surface area (Å²) in [6.07, 6.45) is -1.99. The van der Waals surface area contributed by atoms with Gasteiger partial charge in [-0.2, -0.15) is 8.78 Å². The Labute approximate surface area is 91.3 Å². The van der Waals surface area contributed by atoms with Gasteiger partial charge in [-0.1, -0.05) is 24.3 Å². The Hall–Kier alpha value is -1.49. The summed E-state index contributed by atoms with van der Waals surface area (Å²) in [6, 6.07) is 4.90. The molecule has 1 atom stereocenters. The van der Waals surface area contributed by atoms with Crippen LogP contribution in [-0.2, 0) is 17.1 Å². The van der Waals surface area contributed by atoms with Crippen molar-refractivity contribution in [3.8, 4) is 0 Å². The Kier molecular flexibility index (Phi) is 3.59. The third-order valence-electron chi connectivity index (χ3n) is 2.22. The molecule has 1 aromatic carbocycles. The summed E-state index contributed by atoms with van der Waals surface area (Å²) in [5.41, 5.74) is 0.120. The van der Waals surface area contributed by atoms with Crippen LogP contribution in [0.25, 0.3) is 0 Å². The topological polar surface area (TPSA) is 57.5 Å². The Balaban J connectivity index is 2.90. The molecule has 3 nitrogen and oxygen atoms in total. The van der Waals surface area contributed by atoms with E-state index >= 15 is 0 Å². The van der Waals surface area contributed by atoms with Gasteiger partial charge in [0, 0.05) is 5.56 Å². The molecule has 5 heteroatoms. The minimum absolute atomic E-state index is 0.208. The van der Waals surface area contributed by atoms with Crippen LogP contribution in [0.15, 0.2) is 24.3 Å². The largest absolute Gasteiger partial charge is 0.481 e. The number of aliphatic carboxylic acids is 1. The molecule has 1 aromatic rings. The van der Waals surface area contributed by atoms with Crippen molar-refractivity contribution in [2.75, 3.05) is 0 Å². The monoisotopic (exact) mass is 230 g/mol. The van der Waals surface area contributed by atoms with Gasteiger partial charge in [-0.25, -0.2) is 0 Å². The molecule has 1 rings (SSSR count).